The summed E-state index contributed by atoms with van der Waals surface area (Å²) in [4.78, 5) is 26.2. The molecule has 1 unspecified atom stereocenters. The lowest BCUT2D eigenvalue weighted by atomic mass is 10.2. The zero-order chi connectivity index (χ0) is 14.7. The second-order valence-electron chi connectivity index (χ2n) is 5.10. The monoisotopic (exact) mass is 327 g/mol. The number of aromatic nitrogens is 2. The first kappa shape index (κ1) is 14.9. The van der Waals surface area contributed by atoms with E-state index in [0.717, 1.165) is 37.6 Å². The van der Waals surface area contributed by atoms with Gasteiger partial charge in [-0.25, -0.2) is 9.97 Å². The maximum atomic E-state index is 11.1. The SMILES string of the molecule is O=CN1CCN(c2nccc(Cl)n2)C(N2CCSCC2)C1. The first-order valence-corrected chi connectivity index (χ1v) is 8.57. The van der Waals surface area contributed by atoms with E-state index in [-0.39, 0.29) is 6.17 Å². The molecule has 1 aromatic rings. The standard InChI is InChI=1S/C13H18ClN5OS/c14-11-1-2-15-13(16-11)19-4-3-17(10-20)9-12(19)18-5-7-21-8-6-18/h1-2,10,12H,3-9H2. The molecule has 0 bridgehead atoms. The van der Waals surface area contributed by atoms with Gasteiger partial charge < -0.3 is 9.80 Å². The molecule has 114 valence electrons. The van der Waals surface area contributed by atoms with Crippen LogP contribution < -0.4 is 4.90 Å². The summed E-state index contributed by atoms with van der Waals surface area (Å²) in [6.45, 7) is 4.16. The van der Waals surface area contributed by atoms with Gasteiger partial charge in [0.25, 0.3) is 0 Å². The molecule has 1 aromatic heterocycles. The topological polar surface area (TPSA) is 52.6 Å². The van der Waals surface area contributed by atoms with Gasteiger partial charge in [0, 0.05) is 43.9 Å². The van der Waals surface area contributed by atoms with Crippen molar-refractivity contribution in [2.45, 2.75) is 6.17 Å². The molecular formula is C13H18ClN5OS. The average molecular weight is 328 g/mol. The number of carbonyl (C=O) groups excluding carboxylic acids is 1. The van der Waals surface area contributed by atoms with Gasteiger partial charge in [0.05, 0.1) is 6.54 Å². The largest absolute Gasteiger partial charge is 0.340 e. The van der Waals surface area contributed by atoms with E-state index in [1.165, 1.54) is 0 Å². The molecule has 0 aliphatic carbocycles. The van der Waals surface area contributed by atoms with Gasteiger partial charge in [0.1, 0.15) is 11.3 Å². The smallest absolute Gasteiger partial charge is 0.228 e. The van der Waals surface area contributed by atoms with Crippen molar-refractivity contribution in [3.63, 3.8) is 0 Å². The Labute approximate surface area is 133 Å². The molecule has 2 fully saturated rings. The number of piperazine rings is 1. The average Bonchev–Trinajstić information content (AvgIpc) is 2.55. The second-order valence-corrected chi connectivity index (χ2v) is 6.71. The minimum atomic E-state index is 0.128. The van der Waals surface area contributed by atoms with Crippen molar-refractivity contribution in [1.82, 2.24) is 19.8 Å². The van der Waals surface area contributed by atoms with E-state index in [1.54, 1.807) is 12.3 Å². The summed E-state index contributed by atoms with van der Waals surface area (Å²) in [5.41, 5.74) is 0. The highest BCUT2D eigenvalue weighted by Crippen LogP contribution is 2.22. The van der Waals surface area contributed by atoms with E-state index in [1.807, 2.05) is 16.7 Å². The van der Waals surface area contributed by atoms with E-state index in [9.17, 15) is 4.79 Å². The van der Waals surface area contributed by atoms with Gasteiger partial charge in [-0.2, -0.15) is 11.8 Å². The maximum absolute atomic E-state index is 11.1. The van der Waals surface area contributed by atoms with Crippen LogP contribution >= 0.6 is 23.4 Å². The first-order valence-electron chi connectivity index (χ1n) is 7.04. The summed E-state index contributed by atoms with van der Waals surface area (Å²) >= 11 is 7.97. The van der Waals surface area contributed by atoms with Crippen LogP contribution in [0.2, 0.25) is 5.15 Å². The van der Waals surface area contributed by atoms with Crippen molar-refractivity contribution in [3.05, 3.63) is 17.4 Å². The van der Waals surface area contributed by atoms with E-state index in [4.69, 9.17) is 11.6 Å². The molecule has 0 radical (unpaired) electrons. The van der Waals surface area contributed by atoms with Crippen molar-refractivity contribution in [2.24, 2.45) is 0 Å². The summed E-state index contributed by atoms with van der Waals surface area (Å²) in [7, 11) is 0. The normalized spacial score (nSPS) is 24.1. The van der Waals surface area contributed by atoms with Crippen molar-refractivity contribution < 1.29 is 4.79 Å². The lowest BCUT2D eigenvalue weighted by molar-refractivity contribution is -0.119. The molecule has 6 nitrogen and oxygen atoms in total. The van der Waals surface area contributed by atoms with Crippen LogP contribution in [0.3, 0.4) is 0 Å². The summed E-state index contributed by atoms with van der Waals surface area (Å²) in [5.74, 6) is 2.90. The fourth-order valence-electron chi connectivity index (χ4n) is 2.77. The fourth-order valence-corrected chi connectivity index (χ4v) is 3.83. The van der Waals surface area contributed by atoms with Crippen molar-refractivity contribution in [2.75, 3.05) is 49.1 Å². The number of nitrogens with zero attached hydrogens (tertiary/aromatic N) is 5. The Bertz CT molecular complexity index is 499. The van der Waals surface area contributed by atoms with Crippen LogP contribution in [0, 0.1) is 0 Å². The Morgan fingerprint density at radius 2 is 2.10 bits per heavy atom. The Hall–Kier alpha value is -1.05. The Balaban J connectivity index is 1.83. The quantitative estimate of drug-likeness (QED) is 0.604. The Morgan fingerprint density at radius 3 is 2.81 bits per heavy atom. The number of hydrogen-bond donors (Lipinski definition) is 0. The summed E-state index contributed by atoms with van der Waals surface area (Å²) < 4.78 is 0. The molecule has 21 heavy (non-hydrogen) atoms. The molecule has 1 amide bonds. The van der Waals surface area contributed by atoms with Gasteiger partial charge in [-0.1, -0.05) is 11.6 Å². The fraction of sp³-hybridized carbons (Fsp3) is 0.615. The third kappa shape index (κ3) is 3.41. The van der Waals surface area contributed by atoms with Crippen LogP contribution in [0.15, 0.2) is 12.3 Å². The molecule has 2 aliphatic rings. The van der Waals surface area contributed by atoms with Crippen LogP contribution in [0.4, 0.5) is 5.95 Å². The number of anilines is 1. The Kier molecular flexibility index (Phi) is 4.82. The molecule has 0 N–H and O–H groups in total. The highest BCUT2D eigenvalue weighted by molar-refractivity contribution is 7.99. The minimum absolute atomic E-state index is 0.128. The summed E-state index contributed by atoms with van der Waals surface area (Å²) in [6, 6.07) is 1.68. The number of amides is 1. The zero-order valence-electron chi connectivity index (χ0n) is 11.7. The number of thioether (sulfide) groups is 1. The molecule has 3 rings (SSSR count). The number of carbonyl (C=O) groups is 1. The third-order valence-electron chi connectivity index (χ3n) is 3.87. The number of rotatable bonds is 3. The molecular weight excluding hydrogens is 310 g/mol. The van der Waals surface area contributed by atoms with Gasteiger partial charge in [0.2, 0.25) is 12.4 Å². The van der Waals surface area contributed by atoms with E-state index in [2.05, 4.69) is 19.8 Å². The zero-order valence-corrected chi connectivity index (χ0v) is 13.3. The van der Waals surface area contributed by atoms with Crippen LogP contribution in [0.25, 0.3) is 0 Å². The lowest BCUT2D eigenvalue weighted by Gasteiger charge is -2.46. The van der Waals surface area contributed by atoms with E-state index < -0.39 is 0 Å². The van der Waals surface area contributed by atoms with E-state index in [0.29, 0.717) is 24.2 Å². The minimum Gasteiger partial charge on any atom is -0.340 e. The van der Waals surface area contributed by atoms with Crippen LogP contribution in [0.1, 0.15) is 0 Å². The molecule has 0 saturated carbocycles. The van der Waals surface area contributed by atoms with Crippen LogP contribution in [-0.2, 0) is 4.79 Å². The van der Waals surface area contributed by atoms with Crippen molar-refractivity contribution in [3.8, 4) is 0 Å². The summed E-state index contributed by atoms with van der Waals surface area (Å²) in [5, 5.41) is 0.450. The predicted octanol–water partition coefficient (Wildman–Crippen LogP) is 0.783. The number of halogens is 1. The molecule has 1 atom stereocenters. The predicted molar refractivity (Wildman–Crippen MR) is 84.7 cm³/mol. The van der Waals surface area contributed by atoms with Crippen LogP contribution in [0.5, 0.6) is 0 Å². The van der Waals surface area contributed by atoms with Gasteiger partial charge in [-0.05, 0) is 6.07 Å². The first-order chi connectivity index (χ1) is 10.3. The van der Waals surface area contributed by atoms with E-state index >= 15 is 0 Å². The maximum Gasteiger partial charge on any atom is 0.228 e. The second kappa shape index (κ2) is 6.81. The molecule has 0 aromatic carbocycles. The Morgan fingerprint density at radius 1 is 1.29 bits per heavy atom. The van der Waals surface area contributed by atoms with Crippen molar-refractivity contribution >= 4 is 35.7 Å². The van der Waals surface area contributed by atoms with Gasteiger partial charge in [0.15, 0.2) is 0 Å². The number of hydrogen-bond acceptors (Lipinski definition) is 6. The molecule has 3 heterocycles. The third-order valence-corrected chi connectivity index (χ3v) is 5.02. The van der Waals surface area contributed by atoms with Crippen molar-refractivity contribution in [1.29, 1.82) is 0 Å². The summed E-state index contributed by atoms with van der Waals surface area (Å²) in [6.07, 6.45) is 2.74. The molecule has 2 aliphatic heterocycles. The molecule has 0 spiro atoms. The van der Waals surface area contributed by atoms with Gasteiger partial charge >= 0.3 is 0 Å². The molecule has 8 heteroatoms. The van der Waals surface area contributed by atoms with Gasteiger partial charge in [-0.15, -0.1) is 0 Å². The lowest BCUT2D eigenvalue weighted by Crippen LogP contribution is -2.62. The highest BCUT2D eigenvalue weighted by atomic mass is 35.5. The molecule has 2 saturated heterocycles. The van der Waals surface area contributed by atoms with Gasteiger partial charge in [-0.3, -0.25) is 9.69 Å². The van der Waals surface area contributed by atoms with Crippen LogP contribution in [-0.4, -0.2) is 76.6 Å². The highest BCUT2D eigenvalue weighted by Gasteiger charge is 2.33.